The highest BCUT2D eigenvalue weighted by molar-refractivity contribution is 7.18. The van der Waals surface area contributed by atoms with Crippen LogP contribution in [0.3, 0.4) is 0 Å². The first-order valence-corrected chi connectivity index (χ1v) is 7.57. The minimum atomic E-state index is -0.511. The fourth-order valence-corrected chi connectivity index (χ4v) is 3.78. The van der Waals surface area contributed by atoms with Crippen molar-refractivity contribution in [3.63, 3.8) is 0 Å². The highest BCUT2D eigenvalue weighted by atomic mass is 32.1. The molecule has 0 saturated carbocycles. The van der Waals surface area contributed by atoms with Crippen molar-refractivity contribution in [1.82, 2.24) is 9.55 Å². The number of rotatable bonds is 3. The Kier molecular flexibility index (Phi) is 3.19. The third-order valence-corrected chi connectivity index (χ3v) is 5.04. The Morgan fingerprint density at radius 1 is 1.47 bits per heavy atom. The molecule has 2 heterocycles. The maximum Gasteiger partial charge on any atom is 0.262 e. The van der Waals surface area contributed by atoms with Gasteiger partial charge >= 0.3 is 0 Å². The van der Waals surface area contributed by atoms with Gasteiger partial charge in [0.05, 0.1) is 24.4 Å². The number of hydrogen-bond acceptors (Lipinski definition) is 4. The smallest absolute Gasteiger partial charge is 0.262 e. The van der Waals surface area contributed by atoms with Crippen molar-refractivity contribution in [3.05, 3.63) is 27.1 Å². The van der Waals surface area contributed by atoms with Crippen LogP contribution in [0.2, 0.25) is 0 Å². The summed E-state index contributed by atoms with van der Waals surface area (Å²) in [5.41, 5.74) is 1.20. The molecule has 1 aliphatic rings. The monoisotopic (exact) mass is 278 g/mol. The second kappa shape index (κ2) is 4.72. The van der Waals surface area contributed by atoms with Crippen LogP contribution >= 0.6 is 11.3 Å². The number of nitrogens with zero attached hydrogens (tertiary/aromatic N) is 2. The van der Waals surface area contributed by atoms with Crippen LogP contribution in [-0.4, -0.2) is 20.8 Å². The quantitative estimate of drug-likeness (QED) is 0.934. The van der Waals surface area contributed by atoms with E-state index in [1.54, 1.807) is 22.2 Å². The predicted octanol–water partition coefficient (Wildman–Crippen LogP) is 1.96. The average molecular weight is 278 g/mol. The van der Waals surface area contributed by atoms with E-state index >= 15 is 0 Å². The molecule has 0 radical (unpaired) electrons. The first kappa shape index (κ1) is 12.8. The van der Waals surface area contributed by atoms with E-state index in [9.17, 15) is 9.90 Å². The van der Waals surface area contributed by atoms with E-state index in [0.717, 1.165) is 29.5 Å². The standard InChI is InChI=1S/C14H18N2O2S/c1-8(2)10(17)6-16-7-15-13-12(14(16)18)9-4-3-5-11(9)19-13/h7-8,10,17H,3-6H2,1-2H3. The Morgan fingerprint density at radius 2 is 2.26 bits per heavy atom. The Labute approximate surface area is 115 Å². The minimum absolute atomic E-state index is 0.00380. The summed E-state index contributed by atoms with van der Waals surface area (Å²) in [5.74, 6) is 0.135. The van der Waals surface area contributed by atoms with Gasteiger partial charge in [-0.3, -0.25) is 9.36 Å². The van der Waals surface area contributed by atoms with Crippen LogP contribution in [0, 0.1) is 5.92 Å². The van der Waals surface area contributed by atoms with Crippen LogP contribution in [0.4, 0.5) is 0 Å². The molecule has 19 heavy (non-hydrogen) atoms. The Balaban J connectivity index is 2.08. The zero-order chi connectivity index (χ0) is 13.6. The number of aromatic nitrogens is 2. The van der Waals surface area contributed by atoms with Gasteiger partial charge in [0, 0.05) is 4.88 Å². The van der Waals surface area contributed by atoms with Gasteiger partial charge < -0.3 is 5.11 Å². The molecule has 1 atom stereocenters. The fourth-order valence-electron chi connectivity index (χ4n) is 2.56. The van der Waals surface area contributed by atoms with Crippen LogP contribution in [0.1, 0.15) is 30.7 Å². The van der Waals surface area contributed by atoms with Crippen molar-refractivity contribution in [1.29, 1.82) is 0 Å². The van der Waals surface area contributed by atoms with Crippen LogP contribution in [-0.2, 0) is 19.4 Å². The molecule has 0 spiro atoms. The van der Waals surface area contributed by atoms with E-state index in [0.29, 0.717) is 6.54 Å². The molecule has 0 saturated heterocycles. The molecule has 102 valence electrons. The second-order valence-electron chi connectivity index (χ2n) is 5.55. The Hall–Kier alpha value is -1.20. The van der Waals surface area contributed by atoms with Gasteiger partial charge in [0.2, 0.25) is 0 Å². The van der Waals surface area contributed by atoms with Gasteiger partial charge in [-0.15, -0.1) is 11.3 Å². The van der Waals surface area contributed by atoms with Crippen LogP contribution in [0.5, 0.6) is 0 Å². The van der Waals surface area contributed by atoms with Gasteiger partial charge in [0.1, 0.15) is 4.83 Å². The lowest BCUT2D eigenvalue weighted by Gasteiger charge is -2.15. The molecule has 1 aliphatic carbocycles. The lowest BCUT2D eigenvalue weighted by Crippen LogP contribution is -2.29. The number of thiophene rings is 1. The number of aliphatic hydroxyl groups is 1. The van der Waals surface area contributed by atoms with Gasteiger partial charge in [-0.25, -0.2) is 4.98 Å². The van der Waals surface area contributed by atoms with Crippen molar-refractivity contribution in [2.24, 2.45) is 5.92 Å². The number of aryl methyl sites for hydroxylation is 2. The molecule has 5 heteroatoms. The van der Waals surface area contributed by atoms with Crippen LogP contribution in [0.25, 0.3) is 10.2 Å². The second-order valence-corrected chi connectivity index (χ2v) is 6.63. The van der Waals surface area contributed by atoms with Crippen LogP contribution < -0.4 is 5.56 Å². The summed E-state index contributed by atoms with van der Waals surface area (Å²) >= 11 is 1.65. The third kappa shape index (κ3) is 2.11. The first-order chi connectivity index (χ1) is 9.08. The molecule has 0 fully saturated rings. The summed E-state index contributed by atoms with van der Waals surface area (Å²) in [6, 6.07) is 0. The van der Waals surface area contributed by atoms with E-state index in [4.69, 9.17) is 0 Å². The molecule has 0 amide bonds. The van der Waals surface area contributed by atoms with Gasteiger partial charge in [-0.2, -0.15) is 0 Å². The summed E-state index contributed by atoms with van der Waals surface area (Å²) < 4.78 is 1.55. The summed E-state index contributed by atoms with van der Waals surface area (Å²) in [7, 11) is 0. The van der Waals surface area contributed by atoms with E-state index in [1.807, 2.05) is 13.8 Å². The zero-order valence-electron chi connectivity index (χ0n) is 11.2. The summed E-state index contributed by atoms with van der Waals surface area (Å²) in [6.07, 6.45) is 4.26. The highest BCUT2D eigenvalue weighted by Crippen LogP contribution is 2.34. The largest absolute Gasteiger partial charge is 0.391 e. The molecular formula is C14H18N2O2S. The predicted molar refractivity (Wildman–Crippen MR) is 76.7 cm³/mol. The van der Waals surface area contributed by atoms with E-state index in [2.05, 4.69) is 4.98 Å². The molecule has 0 bridgehead atoms. The maximum atomic E-state index is 12.5. The van der Waals surface area contributed by atoms with Crippen molar-refractivity contribution in [2.45, 2.75) is 45.8 Å². The van der Waals surface area contributed by atoms with Gasteiger partial charge in [-0.1, -0.05) is 13.8 Å². The first-order valence-electron chi connectivity index (χ1n) is 6.75. The summed E-state index contributed by atoms with van der Waals surface area (Å²) in [6.45, 7) is 4.22. The number of hydrogen-bond donors (Lipinski definition) is 1. The molecule has 3 rings (SSSR count). The van der Waals surface area contributed by atoms with Gasteiger partial charge in [0.15, 0.2) is 0 Å². The SMILES string of the molecule is CC(C)C(O)Cn1cnc2sc3c(c2c1=O)CCC3. The summed E-state index contributed by atoms with van der Waals surface area (Å²) in [4.78, 5) is 19.1. The zero-order valence-corrected chi connectivity index (χ0v) is 12.0. The van der Waals surface area contributed by atoms with Gasteiger partial charge in [0.25, 0.3) is 5.56 Å². The average Bonchev–Trinajstić information content (AvgIpc) is 2.92. The molecule has 1 N–H and O–H groups in total. The lowest BCUT2D eigenvalue weighted by molar-refractivity contribution is 0.105. The van der Waals surface area contributed by atoms with E-state index in [1.165, 1.54) is 10.4 Å². The number of fused-ring (bicyclic) bond motifs is 3. The Bertz CT molecular complexity index is 672. The summed E-state index contributed by atoms with van der Waals surface area (Å²) in [5, 5.41) is 10.7. The lowest BCUT2D eigenvalue weighted by atomic mass is 10.1. The topological polar surface area (TPSA) is 55.1 Å². The molecular weight excluding hydrogens is 260 g/mol. The van der Waals surface area contributed by atoms with E-state index in [-0.39, 0.29) is 11.5 Å². The molecule has 4 nitrogen and oxygen atoms in total. The van der Waals surface area contributed by atoms with Crippen LogP contribution in [0.15, 0.2) is 11.1 Å². The van der Waals surface area contributed by atoms with Crippen molar-refractivity contribution < 1.29 is 5.11 Å². The molecule has 0 aromatic carbocycles. The highest BCUT2D eigenvalue weighted by Gasteiger charge is 2.22. The molecule has 2 aromatic rings. The molecule has 0 aliphatic heterocycles. The molecule has 1 unspecified atom stereocenters. The molecule has 2 aromatic heterocycles. The van der Waals surface area contributed by atoms with E-state index < -0.39 is 6.10 Å². The maximum absolute atomic E-state index is 12.5. The third-order valence-electron chi connectivity index (χ3n) is 3.85. The van der Waals surface area contributed by atoms with Crippen molar-refractivity contribution >= 4 is 21.6 Å². The van der Waals surface area contributed by atoms with Crippen molar-refractivity contribution in [2.75, 3.05) is 0 Å². The number of aliphatic hydroxyl groups excluding tert-OH is 1. The fraction of sp³-hybridized carbons (Fsp3) is 0.571. The normalized spacial score (nSPS) is 16.2. The Morgan fingerprint density at radius 3 is 3.00 bits per heavy atom. The van der Waals surface area contributed by atoms with Gasteiger partial charge in [-0.05, 0) is 30.7 Å². The van der Waals surface area contributed by atoms with Crippen molar-refractivity contribution in [3.8, 4) is 0 Å². The minimum Gasteiger partial charge on any atom is -0.391 e.